The average Bonchev–Trinajstić information content (AvgIpc) is 3.19. The molecule has 2 heteroatoms. The van der Waals surface area contributed by atoms with Crippen LogP contribution in [-0.2, 0) is 5.41 Å². The van der Waals surface area contributed by atoms with Crippen LogP contribution in [0.15, 0.2) is 127 Å². The van der Waals surface area contributed by atoms with Crippen molar-refractivity contribution in [2.24, 2.45) is 5.92 Å². The lowest BCUT2D eigenvalue weighted by molar-refractivity contribution is 0.0886. The number of carbonyl (C=O) groups excluding carboxylic acids is 1. The Hall–Kier alpha value is -4.69. The lowest BCUT2D eigenvalue weighted by atomic mass is 9.56. The maximum absolute atomic E-state index is 15.1. The van der Waals surface area contributed by atoms with Crippen molar-refractivity contribution in [3.05, 3.63) is 161 Å². The summed E-state index contributed by atoms with van der Waals surface area (Å²) in [7, 11) is 2.19. The first kappa shape index (κ1) is 27.2. The molecular weight excluding hydrogens is 522 g/mol. The monoisotopic (exact) mass is 559 g/mol. The molecule has 0 N–H and O–H groups in total. The van der Waals surface area contributed by atoms with E-state index in [9.17, 15) is 0 Å². The van der Waals surface area contributed by atoms with Gasteiger partial charge < -0.3 is 4.90 Å². The number of carbonyl (C=O) groups is 1. The number of ketones is 1. The smallest absolute Gasteiger partial charge is 0.173 e. The number of Topliss-reactive ketones (excluding diaryl/α,β-unsaturated/α-hetero) is 1. The predicted octanol–water partition coefficient (Wildman–Crippen LogP) is 9.60. The zero-order chi connectivity index (χ0) is 29.9. The molecule has 43 heavy (non-hydrogen) atoms. The van der Waals surface area contributed by atoms with Crippen molar-refractivity contribution in [2.75, 3.05) is 11.9 Å². The molecule has 2 aliphatic rings. The van der Waals surface area contributed by atoms with Crippen LogP contribution >= 0.6 is 0 Å². The van der Waals surface area contributed by atoms with Gasteiger partial charge in [-0.2, -0.15) is 0 Å². The summed E-state index contributed by atoms with van der Waals surface area (Å²) >= 11 is 0. The molecule has 2 atom stereocenters. The van der Waals surface area contributed by atoms with Crippen LogP contribution in [0, 0.1) is 19.8 Å². The standard InChI is InChI=1S/C41H37NO/c1-27-15-19-29(20-16-27)33-25-35(30-11-7-6-8-12-30)38(39(43)32-21-17-28(2)18-22-32)41(26-33)40(3,4)37-34-14-10-9-13-31(34)23-24-36(37)42(41)5/h6-26,38H,1-5H3/t38-,41-/m1/s1. The number of nitrogens with zero attached hydrogens (tertiary/aromatic N) is 1. The topological polar surface area (TPSA) is 20.3 Å². The highest BCUT2D eigenvalue weighted by atomic mass is 16.1. The number of hydrogen-bond donors (Lipinski definition) is 0. The Labute approximate surface area is 255 Å². The van der Waals surface area contributed by atoms with Gasteiger partial charge in [-0.15, -0.1) is 0 Å². The normalized spacial score (nSPS) is 20.6. The van der Waals surface area contributed by atoms with Crippen molar-refractivity contribution in [2.45, 2.75) is 38.6 Å². The van der Waals surface area contributed by atoms with Crippen LogP contribution in [0.2, 0.25) is 0 Å². The molecule has 0 radical (unpaired) electrons. The van der Waals surface area contributed by atoms with Crippen LogP contribution in [0.3, 0.4) is 0 Å². The van der Waals surface area contributed by atoms with E-state index in [1.165, 1.54) is 27.6 Å². The Morgan fingerprint density at radius 1 is 0.698 bits per heavy atom. The Morgan fingerprint density at radius 2 is 1.33 bits per heavy atom. The van der Waals surface area contributed by atoms with Crippen molar-refractivity contribution in [3.63, 3.8) is 0 Å². The largest absolute Gasteiger partial charge is 0.363 e. The summed E-state index contributed by atoms with van der Waals surface area (Å²) in [4.78, 5) is 17.5. The van der Waals surface area contributed by atoms with E-state index < -0.39 is 16.9 Å². The second-order valence-corrected chi connectivity index (χ2v) is 12.8. The van der Waals surface area contributed by atoms with E-state index in [-0.39, 0.29) is 5.78 Å². The van der Waals surface area contributed by atoms with Crippen LogP contribution in [0.25, 0.3) is 21.9 Å². The maximum Gasteiger partial charge on any atom is 0.173 e. The maximum atomic E-state index is 15.1. The first-order valence-corrected chi connectivity index (χ1v) is 15.2. The van der Waals surface area contributed by atoms with Gasteiger partial charge in [-0.25, -0.2) is 0 Å². The summed E-state index contributed by atoms with van der Waals surface area (Å²) in [6.45, 7) is 8.87. The van der Waals surface area contributed by atoms with E-state index in [0.29, 0.717) is 0 Å². The fraction of sp³-hybridized carbons (Fsp3) is 0.195. The number of likely N-dealkylation sites (N-methyl/N-ethyl adjacent to an activating group) is 1. The zero-order valence-electron chi connectivity index (χ0n) is 25.6. The minimum absolute atomic E-state index is 0.145. The number of fused-ring (bicyclic) bond motifs is 3. The lowest BCUT2D eigenvalue weighted by Gasteiger charge is -2.52. The van der Waals surface area contributed by atoms with Crippen LogP contribution in [-0.4, -0.2) is 18.4 Å². The molecule has 7 rings (SSSR count). The van der Waals surface area contributed by atoms with E-state index in [0.717, 1.165) is 33.4 Å². The van der Waals surface area contributed by atoms with Crippen LogP contribution in [0.1, 0.15) is 52.0 Å². The third-order valence-corrected chi connectivity index (χ3v) is 9.98. The highest BCUT2D eigenvalue weighted by Crippen LogP contribution is 2.61. The quantitative estimate of drug-likeness (QED) is 0.204. The number of hydrogen-bond acceptors (Lipinski definition) is 2. The van der Waals surface area contributed by atoms with Gasteiger partial charge in [0.2, 0.25) is 0 Å². The second kappa shape index (κ2) is 9.95. The average molecular weight is 560 g/mol. The van der Waals surface area contributed by atoms with Crippen LogP contribution < -0.4 is 4.90 Å². The van der Waals surface area contributed by atoms with Gasteiger partial charge in [-0.1, -0.05) is 134 Å². The van der Waals surface area contributed by atoms with E-state index in [1.54, 1.807) is 0 Å². The lowest BCUT2D eigenvalue weighted by Crippen LogP contribution is -2.61. The molecule has 0 amide bonds. The molecule has 0 fully saturated rings. The van der Waals surface area contributed by atoms with Gasteiger partial charge in [0, 0.05) is 23.7 Å². The van der Waals surface area contributed by atoms with E-state index in [4.69, 9.17) is 0 Å². The highest BCUT2D eigenvalue weighted by Gasteiger charge is 2.62. The molecule has 1 aliphatic carbocycles. The first-order chi connectivity index (χ1) is 20.7. The fourth-order valence-corrected chi connectivity index (χ4v) is 7.72. The zero-order valence-corrected chi connectivity index (χ0v) is 25.6. The van der Waals surface area contributed by atoms with Crippen molar-refractivity contribution in [1.29, 1.82) is 0 Å². The minimum Gasteiger partial charge on any atom is -0.363 e. The summed E-state index contributed by atoms with van der Waals surface area (Å²) in [5, 5.41) is 2.47. The third-order valence-electron chi connectivity index (χ3n) is 9.98. The van der Waals surface area contributed by atoms with Gasteiger partial charge in [0.05, 0.1) is 11.5 Å². The molecule has 0 aromatic heterocycles. The Morgan fingerprint density at radius 3 is 2.02 bits per heavy atom. The van der Waals surface area contributed by atoms with Gasteiger partial charge in [-0.3, -0.25) is 4.79 Å². The molecule has 5 aromatic rings. The predicted molar refractivity (Wildman–Crippen MR) is 181 cm³/mol. The number of anilines is 1. The Balaban J connectivity index is 1.57. The summed E-state index contributed by atoms with van der Waals surface area (Å²) < 4.78 is 0. The number of allylic oxidation sites excluding steroid dienone is 2. The molecule has 1 heterocycles. The van der Waals surface area contributed by atoms with Crippen molar-refractivity contribution < 1.29 is 4.79 Å². The second-order valence-electron chi connectivity index (χ2n) is 12.8. The summed E-state index contributed by atoms with van der Waals surface area (Å²) in [6.07, 6.45) is 4.68. The van der Waals surface area contributed by atoms with Gasteiger partial charge in [0.25, 0.3) is 0 Å². The SMILES string of the molecule is Cc1ccc(C(=O)[C@H]2C(c3ccccc3)=CC(c3ccc(C)cc3)=C[C@@]23N(C)c2ccc4ccccc4c2C3(C)C)cc1. The molecule has 0 saturated heterocycles. The number of aryl methyl sites for hydroxylation is 2. The van der Waals surface area contributed by atoms with E-state index in [2.05, 4.69) is 137 Å². The van der Waals surface area contributed by atoms with Gasteiger partial charge in [-0.05, 0) is 70.7 Å². The van der Waals surface area contributed by atoms with E-state index in [1.807, 2.05) is 30.3 Å². The van der Waals surface area contributed by atoms with Crippen molar-refractivity contribution in [1.82, 2.24) is 0 Å². The number of rotatable bonds is 4. The molecule has 0 bridgehead atoms. The van der Waals surface area contributed by atoms with Crippen molar-refractivity contribution in [3.8, 4) is 0 Å². The molecule has 1 spiro atoms. The summed E-state index contributed by atoms with van der Waals surface area (Å²) in [5.74, 6) is -0.302. The molecule has 1 aliphatic heterocycles. The Bertz CT molecular complexity index is 1930. The first-order valence-electron chi connectivity index (χ1n) is 15.2. The molecule has 0 saturated carbocycles. The molecular formula is C41H37NO. The number of benzene rings is 5. The van der Waals surface area contributed by atoms with Crippen molar-refractivity contribution >= 4 is 33.4 Å². The van der Waals surface area contributed by atoms with Crippen LogP contribution in [0.4, 0.5) is 5.69 Å². The van der Waals surface area contributed by atoms with Crippen LogP contribution in [0.5, 0.6) is 0 Å². The molecule has 212 valence electrons. The highest BCUT2D eigenvalue weighted by molar-refractivity contribution is 6.11. The van der Waals surface area contributed by atoms with Gasteiger partial charge in [0.15, 0.2) is 5.78 Å². The molecule has 5 aromatic carbocycles. The van der Waals surface area contributed by atoms with Gasteiger partial charge in [0.1, 0.15) is 0 Å². The van der Waals surface area contributed by atoms with E-state index >= 15 is 4.79 Å². The Kier molecular flexibility index (Phi) is 6.29. The fourth-order valence-electron chi connectivity index (χ4n) is 7.72. The molecule has 2 nitrogen and oxygen atoms in total. The molecule has 0 unspecified atom stereocenters. The van der Waals surface area contributed by atoms with Gasteiger partial charge >= 0.3 is 0 Å². The summed E-state index contributed by atoms with van der Waals surface area (Å²) in [6, 6.07) is 40.5. The summed E-state index contributed by atoms with van der Waals surface area (Å²) in [5.41, 5.74) is 8.93. The third kappa shape index (κ3) is 4.04. The minimum atomic E-state index is -0.679.